The summed E-state index contributed by atoms with van der Waals surface area (Å²) in [7, 11) is 0. The molecule has 3 aromatic rings. The lowest BCUT2D eigenvalue weighted by atomic mass is 10.2. The summed E-state index contributed by atoms with van der Waals surface area (Å²) in [5.74, 6) is 0. The van der Waals surface area contributed by atoms with Crippen LogP contribution in [0.5, 0.6) is 0 Å². The van der Waals surface area contributed by atoms with Gasteiger partial charge in [0.05, 0.1) is 11.0 Å². The van der Waals surface area contributed by atoms with Crippen molar-refractivity contribution in [3.8, 4) is 0 Å². The maximum Gasteiger partial charge on any atom is 0.116 e. The van der Waals surface area contributed by atoms with Crippen molar-refractivity contribution in [2.24, 2.45) is 0 Å². The highest BCUT2D eigenvalue weighted by Gasteiger charge is 2.02. The lowest BCUT2D eigenvalue weighted by molar-refractivity contribution is 1.26. The number of hydrogen-bond acceptors (Lipinski definition) is 5. The Kier molecular flexibility index (Phi) is 2.23. The molecule has 0 saturated carbocycles. The molecule has 2 heterocycles. The van der Waals surface area contributed by atoms with Crippen LogP contribution < -0.4 is 6.15 Å². The average Bonchev–Trinajstić information content (AvgIpc) is 2.29. The van der Waals surface area contributed by atoms with E-state index in [9.17, 15) is 0 Å². The largest absolute Gasteiger partial charge is 0.344 e. The predicted octanol–water partition coefficient (Wildman–Crippen LogP) is 1.73. The van der Waals surface area contributed by atoms with Crippen LogP contribution in [-0.2, 0) is 0 Å². The number of benzene rings is 1. The normalized spacial score (nSPS) is 10.1. The lowest BCUT2D eigenvalue weighted by Gasteiger charge is -1.98. The number of nitrogens with zero attached hydrogens (tertiary/aromatic N) is 4. The van der Waals surface area contributed by atoms with Crippen LogP contribution in [0.3, 0.4) is 0 Å². The van der Waals surface area contributed by atoms with Crippen molar-refractivity contribution >= 4 is 22.1 Å². The van der Waals surface area contributed by atoms with Gasteiger partial charge in [-0.05, 0) is 12.1 Å². The van der Waals surface area contributed by atoms with E-state index in [1.54, 1.807) is 24.8 Å². The summed E-state index contributed by atoms with van der Waals surface area (Å²) >= 11 is 0. The molecule has 0 atom stereocenters. The Morgan fingerprint density at radius 2 is 1.00 bits per heavy atom. The van der Waals surface area contributed by atoms with E-state index >= 15 is 0 Å². The molecule has 2 aromatic heterocycles. The molecule has 0 bridgehead atoms. The number of fused-ring (bicyclic) bond motifs is 3. The van der Waals surface area contributed by atoms with Crippen LogP contribution in [0.2, 0.25) is 0 Å². The van der Waals surface area contributed by atoms with E-state index in [1.165, 1.54) is 0 Å². The molecular formula is C10H9N5. The molecule has 0 aliphatic heterocycles. The van der Waals surface area contributed by atoms with Crippen LogP contribution >= 0.6 is 0 Å². The second-order valence-electron chi connectivity index (χ2n) is 2.91. The van der Waals surface area contributed by atoms with Crippen molar-refractivity contribution in [2.75, 3.05) is 0 Å². The highest BCUT2D eigenvalue weighted by atomic mass is 14.8. The molecule has 0 radical (unpaired) electrons. The van der Waals surface area contributed by atoms with E-state index in [0.717, 1.165) is 22.1 Å². The van der Waals surface area contributed by atoms with Crippen LogP contribution in [-0.4, -0.2) is 19.9 Å². The zero-order valence-corrected chi connectivity index (χ0v) is 7.96. The zero-order valence-electron chi connectivity index (χ0n) is 7.96. The molecule has 0 spiro atoms. The smallest absolute Gasteiger partial charge is 0.116 e. The highest BCUT2D eigenvalue weighted by Crippen LogP contribution is 2.17. The van der Waals surface area contributed by atoms with Crippen molar-refractivity contribution in [1.29, 1.82) is 0 Å². The minimum Gasteiger partial charge on any atom is -0.344 e. The Morgan fingerprint density at radius 1 is 0.600 bits per heavy atom. The van der Waals surface area contributed by atoms with Crippen molar-refractivity contribution in [3.63, 3.8) is 0 Å². The first-order valence-corrected chi connectivity index (χ1v) is 4.25. The molecule has 0 amide bonds. The molecule has 0 unspecified atom stereocenters. The maximum absolute atomic E-state index is 4.24. The molecule has 0 aliphatic rings. The number of hydrogen-bond donors (Lipinski definition) is 1. The van der Waals surface area contributed by atoms with Gasteiger partial charge < -0.3 is 6.15 Å². The minimum atomic E-state index is 0. The average molecular weight is 199 g/mol. The molecule has 74 valence electrons. The third kappa shape index (κ3) is 1.38. The molecule has 5 heteroatoms. The SMILES string of the molecule is N.c1cnc2c(ccc3nccnc32)n1. The molecule has 0 saturated heterocycles. The monoisotopic (exact) mass is 199 g/mol. The first kappa shape index (κ1) is 9.42. The van der Waals surface area contributed by atoms with Crippen molar-refractivity contribution in [1.82, 2.24) is 26.1 Å². The molecule has 3 N–H and O–H groups in total. The van der Waals surface area contributed by atoms with Gasteiger partial charge in [0.25, 0.3) is 0 Å². The van der Waals surface area contributed by atoms with Crippen LogP contribution in [0.25, 0.3) is 22.1 Å². The standard InChI is InChI=1S/C10H6N4.H3N/c1-2-8-10(14-6-4-12-8)9-7(1)11-3-5-13-9;/h1-6H;1H3. The summed E-state index contributed by atoms with van der Waals surface area (Å²) in [6, 6.07) is 3.80. The van der Waals surface area contributed by atoms with Gasteiger partial charge in [-0.15, -0.1) is 0 Å². The Labute approximate surface area is 85.8 Å². The van der Waals surface area contributed by atoms with Crippen LogP contribution in [0.4, 0.5) is 0 Å². The van der Waals surface area contributed by atoms with Gasteiger partial charge in [0, 0.05) is 24.8 Å². The van der Waals surface area contributed by atoms with E-state index in [2.05, 4.69) is 19.9 Å². The van der Waals surface area contributed by atoms with Gasteiger partial charge in [-0.3, -0.25) is 19.9 Å². The summed E-state index contributed by atoms with van der Waals surface area (Å²) in [5.41, 5.74) is 3.30. The Morgan fingerprint density at radius 3 is 1.47 bits per heavy atom. The first-order chi connectivity index (χ1) is 6.95. The zero-order chi connectivity index (χ0) is 9.38. The first-order valence-electron chi connectivity index (χ1n) is 4.25. The quantitative estimate of drug-likeness (QED) is 0.557. The van der Waals surface area contributed by atoms with Crippen molar-refractivity contribution in [3.05, 3.63) is 36.9 Å². The number of aromatic nitrogens is 4. The second-order valence-corrected chi connectivity index (χ2v) is 2.91. The van der Waals surface area contributed by atoms with E-state index in [1.807, 2.05) is 12.1 Å². The van der Waals surface area contributed by atoms with E-state index in [0.29, 0.717) is 0 Å². The predicted molar refractivity (Wildman–Crippen MR) is 57.7 cm³/mol. The Hall–Kier alpha value is -2.14. The van der Waals surface area contributed by atoms with Gasteiger partial charge in [0.15, 0.2) is 0 Å². The fraction of sp³-hybridized carbons (Fsp3) is 0. The van der Waals surface area contributed by atoms with Crippen LogP contribution in [0.15, 0.2) is 36.9 Å². The third-order valence-corrected chi connectivity index (χ3v) is 2.08. The number of rotatable bonds is 0. The van der Waals surface area contributed by atoms with Crippen molar-refractivity contribution < 1.29 is 0 Å². The fourth-order valence-electron chi connectivity index (χ4n) is 1.46. The minimum absolute atomic E-state index is 0. The topological polar surface area (TPSA) is 86.6 Å². The second kappa shape index (κ2) is 3.55. The van der Waals surface area contributed by atoms with E-state index in [-0.39, 0.29) is 6.15 Å². The lowest BCUT2D eigenvalue weighted by Crippen LogP contribution is -1.87. The molecule has 3 rings (SSSR count). The van der Waals surface area contributed by atoms with Gasteiger partial charge in [0.1, 0.15) is 11.0 Å². The summed E-state index contributed by atoms with van der Waals surface area (Å²) < 4.78 is 0. The molecule has 1 aromatic carbocycles. The molecule has 0 fully saturated rings. The van der Waals surface area contributed by atoms with Crippen LogP contribution in [0, 0.1) is 0 Å². The Bertz CT molecular complexity index is 553. The summed E-state index contributed by atoms with van der Waals surface area (Å²) in [5, 5.41) is 0. The van der Waals surface area contributed by atoms with Gasteiger partial charge in [-0.2, -0.15) is 0 Å². The molecule has 15 heavy (non-hydrogen) atoms. The van der Waals surface area contributed by atoms with Gasteiger partial charge in [0.2, 0.25) is 0 Å². The summed E-state index contributed by atoms with van der Waals surface area (Å²) in [6.07, 6.45) is 6.67. The van der Waals surface area contributed by atoms with E-state index in [4.69, 9.17) is 0 Å². The molecule has 0 aliphatic carbocycles. The van der Waals surface area contributed by atoms with Gasteiger partial charge in [-0.25, -0.2) is 0 Å². The summed E-state index contributed by atoms with van der Waals surface area (Å²) in [4.78, 5) is 16.9. The Balaban J connectivity index is 0.000000853. The van der Waals surface area contributed by atoms with Crippen LogP contribution in [0.1, 0.15) is 0 Å². The molecular weight excluding hydrogens is 190 g/mol. The van der Waals surface area contributed by atoms with E-state index < -0.39 is 0 Å². The van der Waals surface area contributed by atoms with Gasteiger partial charge in [-0.1, -0.05) is 0 Å². The molecule has 5 nitrogen and oxygen atoms in total. The maximum atomic E-state index is 4.24. The van der Waals surface area contributed by atoms with Gasteiger partial charge >= 0.3 is 0 Å². The highest BCUT2D eigenvalue weighted by molar-refractivity contribution is 5.99. The van der Waals surface area contributed by atoms with Crippen molar-refractivity contribution in [2.45, 2.75) is 0 Å². The summed E-state index contributed by atoms with van der Waals surface area (Å²) in [6.45, 7) is 0. The fourth-order valence-corrected chi connectivity index (χ4v) is 1.46. The third-order valence-electron chi connectivity index (χ3n) is 2.08.